The zero-order valence-electron chi connectivity index (χ0n) is 16.8. The van der Waals surface area contributed by atoms with E-state index in [0.29, 0.717) is 12.2 Å². The monoisotopic (exact) mass is 401 g/mol. The van der Waals surface area contributed by atoms with Crippen molar-refractivity contribution >= 4 is 27.5 Å². The summed E-state index contributed by atoms with van der Waals surface area (Å²) in [7, 11) is -0.863. The minimum absolute atomic E-state index is 0.224. The number of hydrogen-bond donors (Lipinski definition) is 0. The first kappa shape index (κ1) is 20.4. The molecular formula is C21H27N3O3S. The molecular weight excluding hydrogens is 374 g/mol. The molecule has 1 heterocycles. The first-order valence-electron chi connectivity index (χ1n) is 9.37. The van der Waals surface area contributed by atoms with Crippen LogP contribution in [0.4, 0.5) is 11.4 Å². The predicted octanol–water partition coefficient (Wildman–Crippen LogP) is 2.90. The van der Waals surface area contributed by atoms with Crippen molar-refractivity contribution in [2.45, 2.75) is 26.7 Å². The number of anilines is 2. The Morgan fingerprint density at radius 3 is 2.54 bits per heavy atom. The number of carbonyl (C=O) groups excluding carboxylic acids is 1. The van der Waals surface area contributed by atoms with Gasteiger partial charge in [0.1, 0.15) is 6.54 Å². The predicted molar refractivity (Wildman–Crippen MR) is 113 cm³/mol. The maximum atomic E-state index is 13.2. The van der Waals surface area contributed by atoms with Gasteiger partial charge in [-0.3, -0.25) is 4.79 Å². The number of fused-ring (bicyclic) bond motifs is 1. The van der Waals surface area contributed by atoms with E-state index in [-0.39, 0.29) is 12.5 Å². The van der Waals surface area contributed by atoms with Gasteiger partial charge in [0.05, 0.1) is 5.69 Å². The molecule has 6 nitrogen and oxygen atoms in total. The van der Waals surface area contributed by atoms with E-state index in [1.165, 1.54) is 18.4 Å². The maximum absolute atomic E-state index is 13.2. The fourth-order valence-electron chi connectivity index (χ4n) is 3.48. The van der Waals surface area contributed by atoms with Gasteiger partial charge >= 0.3 is 10.2 Å². The van der Waals surface area contributed by atoms with Crippen molar-refractivity contribution in [3.8, 4) is 0 Å². The quantitative estimate of drug-likeness (QED) is 0.774. The Labute approximate surface area is 167 Å². The van der Waals surface area contributed by atoms with E-state index in [2.05, 4.69) is 0 Å². The lowest BCUT2D eigenvalue weighted by atomic mass is 10.0. The smallest absolute Gasteiger partial charge is 0.304 e. The molecule has 0 saturated heterocycles. The maximum Gasteiger partial charge on any atom is 0.304 e. The first-order valence-corrected chi connectivity index (χ1v) is 10.8. The molecule has 0 spiro atoms. The Hall–Kier alpha value is -2.38. The summed E-state index contributed by atoms with van der Waals surface area (Å²) in [6, 6.07) is 13.4. The van der Waals surface area contributed by atoms with E-state index in [0.717, 1.165) is 39.5 Å². The van der Waals surface area contributed by atoms with Crippen LogP contribution in [0.15, 0.2) is 42.5 Å². The highest BCUT2D eigenvalue weighted by atomic mass is 32.2. The van der Waals surface area contributed by atoms with Crippen LogP contribution in [0.25, 0.3) is 0 Å². The van der Waals surface area contributed by atoms with Crippen molar-refractivity contribution in [3.63, 3.8) is 0 Å². The number of carbonyl (C=O) groups is 1. The molecule has 3 rings (SSSR count). The lowest BCUT2D eigenvalue weighted by Gasteiger charge is -2.33. The fraction of sp³-hybridized carbons (Fsp3) is 0.381. The Morgan fingerprint density at radius 1 is 1.11 bits per heavy atom. The van der Waals surface area contributed by atoms with Gasteiger partial charge in [-0.05, 0) is 55.5 Å². The third-order valence-electron chi connectivity index (χ3n) is 5.06. The Balaban J connectivity index is 1.99. The van der Waals surface area contributed by atoms with Crippen LogP contribution in [0.3, 0.4) is 0 Å². The van der Waals surface area contributed by atoms with Gasteiger partial charge in [0.15, 0.2) is 0 Å². The minimum Gasteiger partial charge on any atom is -0.311 e. The SMILES string of the molecule is Cc1ccc(C)c(N(CC(=O)N2CCCc3ccccc32)S(=O)(=O)N(C)C)c1. The van der Waals surface area contributed by atoms with Crippen LogP contribution in [0.1, 0.15) is 23.1 Å². The van der Waals surface area contributed by atoms with Crippen molar-refractivity contribution in [2.75, 3.05) is 36.4 Å². The third-order valence-corrected chi connectivity index (χ3v) is 6.87. The van der Waals surface area contributed by atoms with Gasteiger partial charge in [-0.15, -0.1) is 0 Å². The van der Waals surface area contributed by atoms with Gasteiger partial charge < -0.3 is 4.90 Å². The van der Waals surface area contributed by atoms with Crippen LogP contribution in [0.2, 0.25) is 0 Å². The van der Waals surface area contributed by atoms with Crippen molar-refractivity contribution in [1.29, 1.82) is 0 Å². The van der Waals surface area contributed by atoms with Crippen LogP contribution in [0.5, 0.6) is 0 Å². The molecule has 7 heteroatoms. The second-order valence-corrected chi connectivity index (χ2v) is 9.43. The number of para-hydroxylation sites is 1. The van der Waals surface area contributed by atoms with Gasteiger partial charge in [-0.1, -0.05) is 30.3 Å². The number of rotatable bonds is 5. The van der Waals surface area contributed by atoms with Crippen molar-refractivity contribution in [3.05, 3.63) is 59.2 Å². The topological polar surface area (TPSA) is 60.9 Å². The Bertz CT molecular complexity index is 986. The molecule has 0 fully saturated rings. The van der Waals surface area contributed by atoms with Crippen LogP contribution in [0, 0.1) is 13.8 Å². The van der Waals surface area contributed by atoms with E-state index in [4.69, 9.17) is 0 Å². The van der Waals surface area contributed by atoms with Gasteiger partial charge in [-0.2, -0.15) is 12.7 Å². The summed E-state index contributed by atoms with van der Waals surface area (Å²) in [4.78, 5) is 14.9. The van der Waals surface area contributed by atoms with Crippen LogP contribution < -0.4 is 9.21 Å². The molecule has 0 unspecified atom stereocenters. The largest absolute Gasteiger partial charge is 0.311 e. The van der Waals surface area contributed by atoms with Crippen molar-refractivity contribution in [1.82, 2.24) is 4.31 Å². The standard InChI is InChI=1S/C21H27N3O3S/c1-16-11-12-17(2)20(14-16)24(28(26,27)22(3)4)15-21(25)23-13-7-9-18-8-5-6-10-19(18)23/h5-6,8,10-12,14H,7,9,13,15H2,1-4H3. The second-order valence-electron chi connectivity index (χ2n) is 7.36. The van der Waals surface area contributed by atoms with Crippen LogP contribution in [-0.4, -0.2) is 45.8 Å². The fourth-order valence-corrected chi connectivity index (χ4v) is 4.59. The number of amides is 1. The minimum atomic E-state index is -3.82. The van der Waals surface area contributed by atoms with Crippen LogP contribution >= 0.6 is 0 Å². The number of hydrogen-bond acceptors (Lipinski definition) is 3. The number of nitrogens with zero attached hydrogens (tertiary/aromatic N) is 3. The molecule has 28 heavy (non-hydrogen) atoms. The summed E-state index contributed by atoms with van der Waals surface area (Å²) in [5.74, 6) is -0.224. The van der Waals surface area contributed by atoms with Gasteiger partial charge in [0, 0.05) is 26.3 Å². The highest BCUT2D eigenvalue weighted by Crippen LogP contribution is 2.29. The van der Waals surface area contributed by atoms with Gasteiger partial charge in [0.25, 0.3) is 0 Å². The third kappa shape index (κ3) is 3.91. The summed E-state index contributed by atoms with van der Waals surface area (Å²) in [5.41, 5.74) is 4.28. The van der Waals surface area contributed by atoms with Gasteiger partial charge in [-0.25, -0.2) is 4.31 Å². The molecule has 0 saturated carbocycles. The average molecular weight is 402 g/mol. The number of benzene rings is 2. The zero-order chi connectivity index (χ0) is 20.5. The molecule has 150 valence electrons. The average Bonchev–Trinajstić information content (AvgIpc) is 2.67. The molecule has 0 aromatic heterocycles. The second kappa shape index (κ2) is 7.93. The zero-order valence-corrected chi connectivity index (χ0v) is 17.7. The molecule has 0 aliphatic carbocycles. The molecule has 2 aromatic carbocycles. The normalized spacial score (nSPS) is 14.1. The molecule has 0 bridgehead atoms. The summed E-state index contributed by atoms with van der Waals surface area (Å²) in [6.45, 7) is 4.12. The highest BCUT2D eigenvalue weighted by molar-refractivity contribution is 7.90. The molecule has 0 atom stereocenters. The molecule has 2 aromatic rings. The molecule has 1 amide bonds. The van der Waals surface area contributed by atoms with E-state index in [1.807, 2.05) is 56.3 Å². The lowest BCUT2D eigenvalue weighted by molar-refractivity contribution is -0.117. The molecule has 0 N–H and O–H groups in total. The molecule has 1 aliphatic heterocycles. The Morgan fingerprint density at radius 2 is 1.82 bits per heavy atom. The van der Waals surface area contributed by atoms with E-state index >= 15 is 0 Å². The van der Waals surface area contributed by atoms with E-state index < -0.39 is 10.2 Å². The summed E-state index contributed by atoms with van der Waals surface area (Å²) < 4.78 is 28.4. The van der Waals surface area contributed by atoms with Gasteiger partial charge in [0.2, 0.25) is 5.91 Å². The van der Waals surface area contributed by atoms with E-state index in [9.17, 15) is 13.2 Å². The van der Waals surface area contributed by atoms with Crippen molar-refractivity contribution < 1.29 is 13.2 Å². The number of aryl methyl sites for hydroxylation is 3. The van der Waals surface area contributed by atoms with Crippen LogP contribution in [-0.2, 0) is 21.4 Å². The highest BCUT2D eigenvalue weighted by Gasteiger charge is 2.31. The Kier molecular flexibility index (Phi) is 5.76. The first-order chi connectivity index (χ1) is 13.2. The summed E-state index contributed by atoms with van der Waals surface area (Å²) >= 11 is 0. The summed E-state index contributed by atoms with van der Waals surface area (Å²) in [6.07, 6.45) is 1.79. The lowest BCUT2D eigenvalue weighted by Crippen LogP contribution is -2.48. The molecule has 0 radical (unpaired) electrons. The summed E-state index contributed by atoms with van der Waals surface area (Å²) in [5, 5.41) is 0. The van der Waals surface area contributed by atoms with E-state index in [1.54, 1.807) is 4.90 Å². The molecule has 1 aliphatic rings. The van der Waals surface area contributed by atoms with Crippen molar-refractivity contribution in [2.24, 2.45) is 0 Å².